The molecule has 1 unspecified atom stereocenters. The first-order chi connectivity index (χ1) is 35.0. The Morgan fingerprint density at radius 1 is 0.296 bits per heavy atom. The molecule has 71 heavy (non-hydrogen) atoms. The maximum absolute atomic E-state index is 12.9. The van der Waals surface area contributed by atoms with Gasteiger partial charge in [-0.2, -0.15) is 0 Å². The van der Waals surface area contributed by atoms with Crippen LogP contribution in [-0.2, 0) is 28.6 Å². The molecule has 0 saturated carbocycles. The van der Waals surface area contributed by atoms with Gasteiger partial charge in [-0.15, -0.1) is 0 Å². The van der Waals surface area contributed by atoms with Crippen LogP contribution in [-0.4, -0.2) is 37.2 Å². The van der Waals surface area contributed by atoms with E-state index in [9.17, 15) is 14.4 Å². The van der Waals surface area contributed by atoms with E-state index in [0.717, 1.165) is 89.9 Å². The molecule has 0 radical (unpaired) electrons. The van der Waals surface area contributed by atoms with E-state index in [1.54, 1.807) is 0 Å². The quantitative estimate of drug-likeness (QED) is 0.0199. The van der Waals surface area contributed by atoms with Crippen molar-refractivity contribution in [3.63, 3.8) is 0 Å². The number of unbranched alkanes of at least 4 members (excludes halogenated alkanes) is 39. The normalized spacial score (nSPS) is 12.3. The molecule has 0 aromatic heterocycles. The minimum atomic E-state index is -0.781. The molecule has 6 nitrogen and oxygen atoms in total. The number of hydrogen-bond donors (Lipinski definition) is 0. The second kappa shape index (κ2) is 59.9. The number of carbonyl (C=O) groups excluding carboxylic acids is 3. The van der Waals surface area contributed by atoms with Gasteiger partial charge in [0.1, 0.15) is 13.2 Å². The molecule has 1 atom stereocenters. The van der Waals surface area contributed by atoms with E-state index in [4.69, 9.17) is 14.2 Å². The predicted molar refractivity (Wildman–Crippen MR) is 307 cm³/mol. The van der Waals surface area contributed by atoms with Gasteiger partial charge in [-0.3, -0.25) is 14.4 Å². The third-order valence-corrected chi connectivity index (χ3v) is 13.8. The molecule has 0 saturated heterocycles. The van der Waals surface area contributed by atoms with E-state index >= 15 is 0 Å². The lowest BCUT2D eigenvalue weighted by molar-refractivity contribution is -0.167. The Labute approximate surface area is 441 Å². The van der Waals surface area contributed by atoms with E-state index in [-0.39, 0.29) is 31.1 Å². The fourth-order valence-electron chi connectivity index (χ4n) is 9.11. The predicted octanol–water partition coefficient (Wildman–Crippen LogP) is 21.0. The first kappa shape index (κ1) is 68.4. The van der Waals surface area contributed by atoms with E-state index in [1.807, 2.05) is 0 Å². The van der Waals surface area contributed by atoms with E-state index in [2.05, 4.69) is 69.4 Å². The van der Waals surface area contributed by atoms with Crippen LogP contribution >= 0.6 is 0 Å². The van der Waals surface area contributed by atoms with Crippen LogP contribution in [0.2, 0.25) is 0 Å². The zero-order valence-corrected chi connectivity index (χ0v) is 47.5. The fraction of sp³-hybridized carbons (Fsp3) is 0.831. The van der Waals surface area contributed by atoms with Gasteiger partial charge in [0.2, 0.25) is 0 Å². The van der Waals surface area contributed by atoms with Gasteiger partial charge in [0, 0.05) is 19.3 Å². The Morgan fingerprint density at radius 2 is 0.549 bits per heavy atom. The van der Waals surface area contributed by atoms with Gasteiger partial charge in [-0.25, -0.2) is 0 Å². The summed E-state index contributed by atoms with van der Waals surface area (Å²) in [5, 5.41) is 0. The number of carbonyl (C=O) groups is 3. The SMILES string of the molecule is CCCCC/C=C\C/C=C\CCCCCCCCCC(=O)OCC(COC(=O)CCCCCCC/C=C\C=C/CCCCCCCCC)OC(=O)CCCCCCCCCCCCCCCCCCCC. The fourth-order valence-corrected chi connectivity index (χ4v) is 9.11. The Balaban J connectivity index is 4.38. The lowest BCUT2D eigenvalue weighted by Gasteiger charge is -2.18. The minimum Gasteiger partial charge on any atom is -0.462 e. The van der Waals surface area contributed by atoms with Gasteiger partial charge >= 0.3 is 17.9 Å². The molecule has 414 valence electrons. The number of hydrogen-bond acceptors (Lipinski definition) is 6. The molecule has 0 amide bonds. The molecule has 0 aromatic carbocycles. The Bertz CT molecular complexity index is 1230. The number of ether oxygens (including phenoxy) is 3. The third-order valence-electron chi connectivity index (χ3n) is 13.8. The van der Waals surface area contributed by atoms with Crippen LogP contribution in [0.3, 0.4) is 0 Å². The molecule has 0 heterocycles. The molecule has 0 fully saturated rings. The van der Waals surface area contributed by atoms with Crippen molar-refractivity contribution in [2.75, 3.05) is 13.2 Å². The molecule has 0 spiro atoms. The minimum absolute atomic E-state index is 0.0793. The monoisotopic (exact) mass is 995 g/mol. The van der Waals surface area contributed by atoms with Gasteiger partial charge in [-0.1, -0.05) is 281 Å². The van der Waals surface area contributed by atoms with Crippen molar-refractivity contribution >= 4 is 17.9 Å². The summed E-state index contributed by atoms with van der Waals surface area (Å²) in [6, 6.07) is 0. The molecule has 0 rings (SSSR count). The van der Waals surface area contributed by atoms with Crippen LogP contribution < -0.4 is 0 Å². The second-order valence-electron chi connectivity index (χ2n) is 21.0. The van der Waals surface area contributed by atoms with Gasteiger partial charge in [0.25, 0.3) is 0 Å². The van der Waals surface area contributed by atoms with Crippen molar-refractivity contribution < 1.29 is 28.6 Å². The molecule has 0 N–H and O–H groups in total. The van der Waals surface area contributed by atoms with Crippen LogP contribution in [0.4, 0.5) is 0 Å². The first-order valence-electron chi connectivity index (χ1n) is 31.2. The summed E-state index contributed by atoms with van der Waals surface area (Å²) in [7, 11) is 0. The van der Waals surface area contributed by atoms with Gasteiger partial charge in [0.05, 0.1) is 0 Å². The van der Waals surface area contributed by atoms with Gasteiger partial charge in [-0.05, 0) is 77.0 Å². The highest BCUT2D eigenvalue weighted by Gasteiger charge is 2.19. The smallest absolute Gasteiger partial charge is 0.306 e. The summed E-state index contributed by atoms with van der Waals surface area (Å²) >= 11 is 0. The third kappa shape index (κ3) is 58.1. The molecule has 0 aliphatic rings. The van der Waals surface area contributed by atoms with Crippen LogP contribution in [0.25, 0.3) is 0 Å². The molecule has 0 bridgehead atoms. The van der Waals surface area contributed by atoms with Crippen molar-refractivity contribution in [2.24, 2.45) is 0 Å². The first-order valence-corrected chi connectivity index (χ1v) is 31.2. The highest BCUT2D eigenvalue weighted by atomic mass is 16.6. The Morgan fingerprint density at radius 3 is 0.887 bits per heavy atom. The molecular formula is C65H118O6. The Hall–Kier alpha value is -2.63. The summed E-state index contributed by atoms with van der Waals surface area (Å²) in [6.07, 6.45) is 73.9. The summed E-state index contributed by atoms with van der Waals surface area (Å²) in [5.41, 5.74) is 0. The number of esters is 3. The van der Waals surface area contributed by atoms with Crippen LogP contribution in [0.1, 0.15) is 329 Å². The topological polar surface area (TPSA) is 78.9 Å². The highest BCUT2D eigenvalue weighted by molar-refractivity contribution is 5.71. The van der Waals surface area contributed by atoms with Crippen molar-refractivity contribution in [3.8, 4) is 0 Å². The van der Waals surface area contributed by atoms with Crippen molar-refractivity contribution in [3.05, 3.63) is 48.6 Å². The molecule has 0 aliphatic heterocycles. The maximum Gasteiger partial charge on any atom is 0.306 e. The van der Waals surface area contributed by atoms with Crippen molar-refractivity contribution in [1.29, 1.82) is 0 Å². The van der Waals surface area contributed by atoms with Crippen LogP contribution in [0, 0.1) is 0 Å². The number of rotatable bonds is 57. The molecule has 0 aliphatic carbocycles. The van der Waals surface area contributed by atoms with Crippen LogP contribution in [0.5, 0.6) is 0 Å². The summed E-state index contributed by atoms with van der Waals surface area (Å²) in [6.45, 7) is 6.64. The number of allylic oxidation sites excluding steroid dienone is 8. The van der Waals surface area contributed by atoms with E-state index in [0.29, 0.717) is 19.3 Å². The van der Waals surface area contributed by atoms with Gasteiger partial charge < -0.3 is 14.2 Å². The zero-order valence-electron chi connectivity index (χ0n) is 47.5. The summed E-state index contributed by atoms with van der Waals surface area (Å²) in [5.74, 6) is -0.881. The summed E-state index contributed by atoms with van der Waals surface area (Å²) in [4.78, 5) is 38.3. The maximum atomic E-state index is 12.9. The zero-order chi connectivity index (χ0) is 51.4. The van der Waals surface area contributed by atoms with E-state index in [1.165, 1.54) is 199 Å². The average Bonchev–Trinajstić information content (AvgIpc) is 3.37. The highest BCUT2D eigenvalue weighted by Crippen LogP contribution is 2.17. The van der Waals surface area contributed by atoms with Crippen LogP contribution in [0.15, 0.2) is 48.6 Å². The average molecular weight is 996 g/mol. The molecular weight excluding hydrogens is 877 g/mol. The van der Waals surface area contributed by atoms with E-state index < -0.39 is 6.10 Å². The Kier molecular flexibility index (Phi) is 57.7. The lowest BCUT2D eigenvalue weighted by atomic mass is 10.0. The lowest BCUT2D eigenvalue weighted by Crippen LogP contribution is -2.30. The van der Waals surface area contributed by atoms with Crippen molar-refractivity contribution in [2.45, 2.75) is 335 Å². The molecule has 6 heteroatoms. The van der Waals surface area contributed by atoms with Crippen molar-refractivity contribution in [1.82, 2.24) is 0 Å². The standard InChI is InChI=1S/C65H118O6/c1-4-7-10-13-16-19-22-25-28-31-34-37-40-43-46-49-52-55-58-64(67)70-61-62(60-69-63(66)57-54-51-48-45-42-39-36-33-30-27-24-21-18-15-12-9-6-3)71-65(68)59-56-53-50-47-44-41-38-35-32-29-26-23-20-17-14-11-8-5-2/h18,21,27-28,30-31,34,37,62H,4-17,19-20,22-26,29,32-33,35-36,38-61H2,1-3H3/b21-18-,30-27-,31-28-,37-34-. The second-order valence-corrected chi connectivity index (χ2v) is 21.0. The summed E-state index contributed by atoms with van der Waals surface area (Å²) < 4.78 is 16.9. The van der Waals surface area contributed by atoms with Gasteiger partial charge in [0.15, 0.2) is 6.10 Å². The molecule has 0 aromatic rings. The largest absolute Gasteiger partial charge is 0.462 e.